The first-order valence-electron chi connectivity index (χ1n) is 11.4. The zero-order valence-corrected chi connectivity index (χ0v) is 20.5. The minimum Gasteiger partial charge on any atom is -0.361 e. The van der Waals surface area contributed by atoms with Crippen molar-refractivity contribution in [3.05, 3.63) is 70.9 Å². The minimum absolute atomic E-state index is 0.00623. The normalized spacial score (nSPS) is 12.4. The van der Waals surface area contributed by atoms with Crippen molar-refractivity contribution < 1.29 is 19.2 Å². The second-order valence-electron chi connectivity index (χ2n) is 8.37. The maximum absolute atomic E-state index is 13.2. The number of H-pyrrole nitrogens is 1. The van der Waals surface area contributed by atoms with Crippen molar-refractivity contribution in [2.75, 3.05) is 0 Å². The Morgan fingerprint density at radius 2 is 1.72 bits per heavy atom. The fourth-order valence-electron chi connectivity index (χ4n) is 3.79. The van der Waals surface area contributed by atoms with Gasteiger partial charge in [0.25, 0.3) is 0 Å². The number of fused-ring (bicyclic) bond motifs is 1. The van der Waals surface area contributed by atoms with Crippen LogP contribution in [0.15, 0.2) is 54.7 Å². The quantitative estimate of drug-likeness (QED) is 0.239. The van der Waals surface area contributed by atoms with Crippen molar-refractivity contribution >= 4 is 52.2 Å². The van der Waals surface area contributed by atoms with Crippen molar-refractivity contribution in [3.8, 4) is 0 Å². The van der Waals surface area contributed by atoms with Crippen molar-refractivity contribution in [2.24, 2.45) is 0 Å². The Kier molecular flexibility index (Phi) is 9.35. The molecule has 188 valence electrons. The minimum atomic E-state index is -1.03. The Bertz CT molecular complexity index is 1250. The van der Waals surface area contributed by atoms with Crippen LogP contribution in [0, 0.1) is 5.41 Å². The van der Waals surface area contributed by atoms with Crippen LogP contribution >= 0.6 is 11.6 Å². The predicted octanol–water partition coefficient (Wildman–Crippen LogP) is 2.67. The third-order valence-corrected chi connectivity index (χ3v) is 5.90. The Morgan fingerprint density at radius 3 is 2.42 bits per heavy atom. The molecule has 0 saturated heterocycles. The molecule has 0 aliphatic rings. The van der Waals surface area contributed by atoms with Gasteiger partial charge in [-0.2, -0.15) is 0 Å². The number of amides is 3. The molecule has 9 nitrogen and oxygen atoms in total. The summed E-state index contributed by atoms with van der Waals surface area (Å²) in [5.41, 5.74) is 2.55. The first-order valence-corrected chi connectivity index (χ1v) is 11.8. The lowest BCUT2D eigenvalue weighted by molar-refractivity contribution is -0.132. The fraction of sp³-hybridized carbons (Fsp3) is 0.269. The SMILES string of the molecule is CC(=O)N[C@@H](Cc1c[nH]c2ccccc12)C(=O)N[C@@H](CCC(=O)C=N)C(=O)NCc1ccc(Cl)cc1. The Hall–Kier alpha value is -3.98. The highest BCUT2D eigenvalue weighted by atomic mass is 35.5. The monoisotopic (exact) mass is 509 g/mol. The summed E-state index contributed by atoms with van der Waals surface area (Å²) in [5.74, 6) is -1.89. The molecule has 10 heteroatoms. The second-order valence-corrected chi connectivity index (χ2v) is 8.81. The number of Topliss-reactive ketones (excluding diaryl/α,β-unsaturated/α-hetero) is 1. The Morgan fingerprint density at radius 1 is 1.00 bits per heavy atom. The van der Waals surface area contributed by atoms with Crippen molar-refractivity contribution in [2.45, 2.75) is 44.8 Å². The van der Waals surface area contributed by atoms with E-state index < -0.39 is 35.6 Å². The number of carbonyl (C=O) groups is 4. The topological polar surface area (TPSA) is 144 Å². The van der Waals surface area contributed by atoms with Crippen LogP contribution in [0.4, 0.5) is 0 Å². The van der Waals surface area contributed by atoms with Gasteiger partial charge in [-0.25, -0.2) is 0 Å². The molecule has 36 heavy (non-hydrogen) atoms. The van der Waals surface area contributed by atoms with E-state index >= 15 is 0 Å². The van der Waals surface area contributed by atoms with Gasteiger partial charge in [-0.05, 0) is 35.7 Å². The van der Waals surface area contributed by atoms with E-state index in [0.717, 1.165) is 22.0 Å². The van der Waals surface area contributed by atoms with Gasteiger partial charge in [-0.15, -0.1) is 0 Å². The Labute approximate surface area is 213 Å². The number of nitrogens with one attached hydrogen (secondary N) is 5. The molecular formula is C26H28ClN5O4. The third-order valence-electron chi connectivity index (χ3n) is 5.65. The lowest BCUT2D eigenvalue weighted by atomic mass is 10.0. The van der Waals surface area contributed by atoms with Crippen LogP contribution < -0.4 is 16.0 Å². The fourth-order valence-corrected chi connectivity index (χ4v) is 3.92. The first-order chi connectivity index (χ1) is 17.3. The molecule has 0 spiro atoms. The number of aromatic amines is 1. The van der Waals surface area contributed by atoms with E-state index in [9.17, 15) is 19.2 Å². The molecule has 1 heterocycles. The van der Waals surface area contributed by atoms with Crippen LogP contribution in [-0.4, -0.2) is 46.8 Å². The second kappa shape index (κ2) is 12.6. The number of hydrogen-bond donors (Lipinski definition) is 5. The summed E-state index contributed by atoms with van der Waals surface area (Å²) in [6.45, 7) is 1.51. The van der Waals surface area contributed by atoms with Gasteiger partial charge in [0.15, 0.2) is 5.78 Å². The van der Waals surface area contributed by atoms with Crippen LogP contribution in [0.5, 0.6) is 0 Å². The summed E-state index contributed by atoms with van der Waals surface area (Å²) in [6, 6.07) is 12.6. The predicted molar refractivity (Wildman–Crippen MR) is 138 cm³/mol. The maximum atomic E-state index is 13.2. The Balaban J connectivity index is 1.74. The van der Waals surface area contributed by atoms with Gasteiger partial charge in [-0.3, -0.25) is 19.2 Å². The molecule has 2 atom stereocenters. The van der Waals surface area contributed by atoms with E-state index in [1.54, 1.807) is 30.5 Å². The number of halogens is 1. The molecule has 0 radical (unpaired) electrons. The van der Waals surface area contributed by atoms with Gasteiger partial charge >= 0.3 is 0 Å². The molecular weight excluding hydrogens is 482 g/mol. The number of carbonyl (C=O) groups excluding carboxylic acids is 4. The van der Waals surface area contributed by atoms with E-state index in [4.69, 9.17) is 17.0 Å². The van der Waals surface area contributed by atoms with Crippen LogP contribution in [-0.2, 0) is 32.1 Å². The van der Waals surface area contributed by atoms with Gasteiger partial charge < -0.3 is 26.3 Å². The van der Waals surface area contributed by atoms with Gasteiger partial charge in [0.2, 0.25) is 17.7 Å². The van der Waals surface area contributed by atoms with Gasteiger partial charge in [0.05, 0.1) is 6.21 Å². The highest BCUT2D eigenvalue weighted by Crippen LogP contribution is 2.19. The molecule has 5 N–H and O–H groups in total. The maximum Gasteiger partial charge on any atom is 0.243 e. The van der Waals surface area contributed by atoms with E-state index in [0.29, 0.717) is 11.2 Å². The molecule has 1 aromatic heterocycles. The van der Waals surface area contributed by atoms with E-state index in [1.807, 2.05) is 24.3 Å². The smallest absolute Gasteiger partial charge is 0.243 e. The number of para-hydroxylation sites is 1. The number of benzene rings is 2. The first kappa shape index (κ1) is 26.6. The van der Waals surface area contributed by atoms with E-state index in [2.05, 4.69) is 20.9 Å². The lowest BCUT2D eigenvalue weighted by Crippen LogP contribution is -2.54. The van der Waals surface area contributed by atoms with Crippen LogP contribution in [0.3, 0.4) is 0 Å². The lowest BCUT2D eigenvalue weighted by Gasteiger charge is -2.23. The number of aromatic nitrogens is 1. The number of hydrogen-bond acceptors (Lipinski definition) is 5. The highest BCUT2D eigenvalue weighted by Gasteiger charge is 2.27. The van der Waals surface area contributed by atoms with Gasteiger partial charge in [0.1, 0.15) is 12.1 Å². The third kappa shape index (κ3) is 7.51. The van der Waals surface area contributed by atoms with Crippen molar-refractivity contribution in [3.63, 3.8) is 0 Å². The van der Waals surface area contributed by atoms with Gasteiger partial charge in [-0.1, -0.05) is 41.9 Å². The molecule has 3 aromatic rings. The molecule has 2 aromatic carbocycles. The molecule has 3 rings (SSSR count). The molecule has 0 fully saturated rings. The van der Waals surface area contributed by atoms with Crippen LogP contribution in [0.25, 0.3) is 10.9 Å². The zero-order chi connectivity index (χ0) is 26.1. The van der Waals surface area contributed by atoms with Gasteiger partial charge in [0, 0.05) is 48.4 Å². The average molecular weight is 510 g/mol. The van der Waals surface area contributed by atoms with Crippen LogP contribution in [0.1, 0.15) is 30.9 Å². The summed E-state index contributed by atoms with van der Waals surface area (Å²) in [6.07, 6.45) is 2.59. The summed E-state index contributed by atoms with van der Waals surface area (Å²) in [7, 11) is 0. The van der Waals surface area contributed by atoms with Crippen molar-refractivity contribution in [1.29, 1.82) is 5.41 Å². The van der Waals surface area contributed by atoms with E-state index in [1.165, 1.54) is 6.92 Å². The van der Waals surface area contributed by atoms with Crippen molar-refractivity contribution in [1.82, 2.24) is 20.9 Å². The largest absolute Gasteiger partial charge is 0.361 e. The molecule has 0 bridgehead atoms. The number of ketones is 1. The summed E-state index contributed by atoms with van der Waals surface area (Å²) in [5, 5.41) is 16.7. The van der Waals surface area contributed by atoms with E-state index in [-0.39, 0.29) is 25.8 Å². The zero-order valence-electron chi connectivity index (χ0n) is 19.8. The standard InChI is InChI=1S/C26H28ClN5O4/c1-16(33)31-24(12-18-15-29-22-5-3-2-4-21(18)22)26(36)32-23(11-10-20(34)13-28)25(35)30-14-17-6-8-19(27)9-7-17/h2-9,13,15,23-24,28-29H,10-12,14H2,1H3,(H,30,35)(H,31,33)(H,32,36)/t23-,24-/m0/s1. The molecule has 0 saturated carbocycles. The molecule has 3 amide bonds. The highest BCUT2D eigenvalue weighted by molar-refractivity contribution is 6.30. The van der Waals surface area contributed by atoms with Crippen LogP contribution in [0.2, 0.25) is 5.02 Å². The summed E-state index contributed by atoms with van der Waals surface area (Å²) < 4.78 is 0. The summed E-state index contributed by atoms with van der Waals surface area (Å²) in [4.78, 5) is 52.9. The average Bonchev–Trinajstić information content (AvgIpc) is 3.27. The molecule has 0 aliphatic carbocycles. The summed E-state index contributed by atoms with van der Waals surface area (Å²) >= 11 is 5.90. The molecule has 0 aliphatic heterocycles. The number of rotatable bonds is 12. The molecule has 0 unspecified atom stereocenters.